The molecule has 0 saturated heterocycles. The lowest BCUT2D eigenvalue weighted by molar-refractivity contribution is -0.385. The lowest BCUT2D eigenvalue weighted by atomic mass is 9.94. The van der Waals surface area contributed by atoms with Crippen LogP contribution in [0.5, 0.6) is 0 Å². The van der Waals surface area contributed by atoms with Gasteiger partial charge in [-0.3, -0.25) is 15.1 Å². The van der Waals surface area contributed by atoms with Crippen molar-refractivity contribution < 1.29 is 14.5 Å². The van der Waals surface area contributed by atoms with Gasteiger partial charge in [0.1, 0.15) is 6.04 Å². The van der Waals surface area contributed by atoms with Crippen LogP contribution in [0.2, 0.25) is 0 Å². The minimum atomic E-state index is -0.854. The molecule has 0 aliphatic carbocycles. The van der Waals surface area contributed by atoms with Crippen LogP contribution >= 0.6 is 11.8 Å². The second-order valence-electron chi connectivity index (χ2n) is 6.92. The molecular formula is C21H20N6O4S. The van der Waals surface area contributed by atoms with Crippen LogP contribution in [-0.2, 0) is 15.3 Å². The van der Waals surface area contributed by atoms with Crippen molar-refractivity contribution in [2.24, 2.45) is 0 Å². The molecule has 2 aromatic heterocycles. The molecule has 164 valence electrons. The van der Waals surface area contributed by atoms with E-state index in [0.717, 1.165) is 5.56 Å². The van der Waals surface area contributed by atoms with Crippen molar-refractivity contribution in [2.75, 3.05) is 11.9 Å². The van der Waals surface area contributed by atoms with E-state index in [2.05, 4.69) is 20.4 Å². The molecule has 3 heterocycles. The number of nitro benzene ring substituents is 1. The zero-order valence-electron chi connectivity index (χ0n) is 17.4. The van der Waals surface area contributed by atoms with E-state index in [9.17, 15) is 14.9 Å². The Morgan fingerprint density at radius 3 is 2.84 bits per heavy atom. The summed E-state index contributed by atoms with van der Waals surface area (Å²) in [6.45, 7) is 3.60. The number of fused-ring (bicyclic) bond motifs is 1. The number of hydrogen-bond donors (Lipinski definition) is 1. The van der Waals surface area contributed by atoms with Gasteiger partial charge in [0.15, 0.2) is 0 Å². The van der Waals surface area contributed by atoms with E-state index in [4.69, 9.17) is 4.74 Å². The highest BCUT2D eigenvalue weighted by atomic mass is 32.2. The summed E-state index contributed by atoms with van der Waals surface area (Å²) >= 11 is 1.40. The third-order valence-corrected chi connectivity index (χ3v) is 5.76. The summed E-state index contributed by atoms with van der Waals surface area (Å²) < 4.78 is 6.76. The predicted molar refractivity (Wildman–Crippen MR) is 118 cm³/mol. The number of nitro groups is 1. The third kappa shape index (κ3) is 4.19. The number of benzene rings is 1. The normalized spacial score (nSPS) is 15.1. The quantitative estimate of drug-likeness (QED) is 0.247. The Labute approximate surface area is 187 Å². The number of anilines is 1. The lowest BCUT2D eigenvalue weighted by Gasteiger charge is -2.27. The van der Waals surface area contributed by atoms with Gasteiger partial charge in [-0.2, -0.15) is 4.98 Å². The first-order valence-corrected chi connectivity index (χ1v) is 10.8. The molecule has 0 radical (unpaired) electrons. The Morgan fingerprint density at radius 1 is 1.31 bits per heavy atom. The fourth-order valence-corrected chi connectivity index (χ4v) is 4.23. The van der Waals surface area contributed by atoms with E-state index in [-0.39, 0.29) is 17.9 Å². The van der Waals surface area contributed by atoms with Crippen molar-refractivity contribution in [1.82, 2.24) is 19.7 Å². The van der Waals surface area contributed by atoms with Gasteiger partial charge in [0, 0.05) is 29.9 Å². The predicted octanol–water partition coefficient (Wildman–Crippen LogP) is 3.73. The van der Waals surface area contributed by atoms with Crippen molar-refractivity contribution in [1.29, 1.82) is 0 Å². The SMILES string of the molecule is CCOC(=O)C1=C(C)Nc2nc(SCc3cccnc3)nn2[C@@H]1c1ccccc1[N+](=O)[O-]. The Kier molecular flexibility index (Phi) is 6.17. The number of hydrogen-bond acceptors (Lipinski definition) is 9. The van der Waals surface area contributed by atoms with Crippen LogP contribution in [-0.4, -0.2) is 37.2 Å². The Hall–Kier alpha value is -3.73. The molecule has 0 unspecified atom stereocenters. The Morgan fingerprint density at radius 2 is 2.12 bits per heavy atom. The van der Waals surface area contributed by atoms with Crippen LogP contribution < -0.4 is 5.32 Å². The molecule has 1 aliphatic rings. The molecule has 1 aliphatic heterocycles. The van der Waals surface area contributed by atoms with Crippen molar-refractivity contribution in [3.05, 3.63) is 81.3 Å². The highest BCUT2D eigenvalue weighted by molar-refractivity contribution is 7.98. The fourth-order valence-electron chi connectivity index (χ4n) is 3.47. The van der Waals surface area contributed by atoms with Crippen molar-refractivity contribution in [2.45, 2.75) is 30.8 Å². The maximum atomic E-state index is 12.8. The number of nitrogens with one attached hydrogen (secondary N) is 1. The number of esters is 1. The van der Waals surface area contributed by atoms with Crippen molar-refractivity contribution in [3.8, 4) is 0 Å². The number of pyridine rings is 1. The van der Waals surface area contributed by atoms with Crippen molar-refractivity contribution >= 4 is 29.4 Å². The number of nitrogens with zero attached hydrogens (tertiary/aromatic N) is 5. The maximum Gasteiger partial charge on any atom is 0.338 e. The molecular weight excluding hydrogens is 432 g/mol. The first-order valence-electron chi connectivity index (χ1n) is 9.86. The molecule has 0 saturated carbocycles. The molecule has 32 heavy (non-hydrogen) atoms. The number of para-hydroxylation sites is 1. The van der Waals surface area contributed by atoms with E-state index in [0.29, 0.717) is 28.1 Å². The smallest absolute Gasteiger partial charge is 0.338 e. The highest BCUT2D eigenvalue weighted by Gasteiger charge is 2.38. The van der Waals surface area contributed by atoms with Gasteiger partial charge in [-0.1, -0.05) is 30.0 Å². The monoisotopic (exact) mass is 452 g/mol. The van der Waals surface area contributed by atoms with Gasteiger partial charge >= 0.3 is 5.97 Å². The summed E-state index contributed by atoms with van der Waals surface area (Å²) in [6.07, 6.45) is 3.47. The maximum absolute atomic E-state index is 12.8. The van der Waals surface area contributed by atoms with Crippen LogP contribution in [0.4, 0.5) is 11.6 Å². The summed E-state index contributed by atoms with van der Waals surface area (Å²) in [5.41, 5.74) is 1.99. The molecule has 0 bridgehead atoms. The lowest BCUT2D eigenvalue weighted by Crippen LogP contribution is -2.30. The zero-order valence-corrected chi connectivity index (χ0v) is 18.2. The van der Waals surface area contributed by atoms with Crippen LogP contribution in [0, 0.1) is 10.1 Å². The molecule has 4 rings (SSSR count). The van der Waals surface area contributed by atoms with E-state index >= 15 is 0 Å². The van der Waals surface area contributed by atoms with Gasteiger partial charge in [0.05, 0.1) is 22.7 Å². The standard InChI is InChI=1S/C21H20N6O4S/c1-3-31-19(28)17-13(2)23-20-24-21(32-12-14-7-6-10-22-11-14)25-26(20)18(17)15-8-4-5-9-16(15)27(29)30/h4-11,18H,3,12H2,1-2H3,(H,23,24,25)/t18-/m1/s1. The second kappa shape index (κ2) is 9.18. The van der Waals surface area contributed by atoms with Gasteiger partial charge in [0.2, 0.25) is 11.1 Å². The van der Waals surface area contributed by atoms with Crippen LogP contribution in [0.15, 0.2) is 65.2 Å². The molecule has 10 nitrogen and oxygen atoms in total. The molecule has 11 heteroatoms. The highest BCUT2D eigenvalue weighted by Crippen LogP contribution is 2.40. The summed E-state index contributed by atoms with van der Waals surface area (Å²) in [4.78, 5) is 32.7. The van der Waals surface area contributed by atoms with Crippen LogP contribution in [0.25, 0.3) is 0 Å². The van der Waals surface area contributed by atoms with E-state index < -0.39 is 16.9 Å². The Balaban J connectivity index is 1.77. The topological polar surface area (TPSA) is 125 Å². The molecule has 1 aromatic carbocycles. The summed E-state index contributed by atoms with van der Waals surface area (Å²) in [7, 11) is 0. The van der Waals surface area contributed by atoms with Gasteiger partial charge < -0.3 is 10.1 Å². The largest absolute Gasteiger partial charge is 0.463 e. The number of ether oxygens (including phenoxy) is 1. The summed E-state index contributed by atoms with van der Waals surface area (Å²) in [5.74, 6) is 0.434. The minimum absolute atomic E-state index is 0.111. The van der Waals surface area contributed by atoms with E-state index in [1.54, 1.807) is 44.4 Å². The van der Waals surface area contributed by atoms with Crippen LogP contribution in [0.3, 0.4) is 0 Å². The Bertz CT molecular complexity index is 1190. The average molecular weight is 452 g/mol. The number of carbonyl (C=O) groups is 1. The average Bonchev–Trinajstić information content (AvgIpc) is 3.20. The number of thioether (sulfide) groups is 1. The molecule has 0 fully saturated rings. The minimum Gasteiger partial charge on any atom is -0.463 e. The van der Waals surface area contributed by atoms with E-state index in [1.165, 1.54) is 22.5 Å². The summed E-state index contributed by atoms with van der Waals surface area (Å²) in [6, 6.07) is 9.25. The third-order valence-electron chi connectivity index (χ3n) is 4.85. The van der Waals surface area contributed by atoms with Crippen LogP contribution in [0.1, 0.15) is 31.0 Å². The van der Waals surface area contributed by atoms with Crippen molar-refractivity contribution in [3.63, 3.8) is 0 Å². The number of allylic oxidation sites excluding steroid dienone is 1. The zero-order chi connectivity index (χ0) is 22.7. The molecule has 0 spiro atoms. The van der Waals surface area contributed by atoms with Gasteiger partial charge in [-0.25, -0.2) is 9.48 Å². The molecule has 3 aromatic rings. The second-order valence-corrected chi connectivity index (χ2v) is 7.86. The summed E-state index contributed by atoms with van der Waals surface area (Å²) in [5, 5.41) is 19.9. The molecule has 1 atom stereocenters. The van der Waals surface area contributed by atoms with Gasteiger partial charge in [-0.15, -0.1) is 5.10 Å². The first kappa shape index (κ1) is 21.5. The number of carbonyl (C=O) groups excluding carboxylic acids is 1. The van der Waals surface area contributed by atoms with Gasteiger partial charge in [-0.05, 0) is 31.5 Å². The fraction of sp³-hybridized carbons (Fsp3) is 0.238. The number of rotatable bonds is 7. The number of aromatic nitrogens is 4. The molecule has 1 N–H and O–H groups in total. The van der Waals surface area contributed by atoms with Gasteiger partial charge in [0.25, 0.3) is 5.69 Å². The molecule has 0 amide bonds. The van der Waals surface area contributed by atoms with E-state index in [1.807, 2.05) is 12.1 Å². The first-order chi connectivity index (χ1) is 15.5.